The first-order chi connectivity index (χ1) is 12.3. The van der Waals surface area contributed by atoms with Gasteiger partial charge in [0.25, 0.3) is 0 Å². The Labute approximate surface area is 149 Å². The van der Waals surface area contributed by atoms with Crippen molar-refractivity contribution in [3.8, 4) is 0 Å². The van der Waals surface area contributed by atoms with Crippen LogP contribution in [0.15, 0.2) is 29.3 Å². The largest absolute Gasteiger partial charge is 0.375 e. The second-order valence-electron chi connectivity index (χ2n) is 6.48. The normalized spacial score (nSPS) is 24.6. The van der Waals surface area contributed by atoms with Gasteiger partial charge in [-0.05, 0) is 37.8 Å². The predicted octanol–water partition coefficient (Wildman–Crippen LogP) is 2.21. The Bertz CT molecular complexity index is 576. The van der Waals surface area contributed by atoms with Gasteiger partial charge in [0, 0.05) is 32.8 Å². The summed E-state index contributed by atoms with van der Waals surface area (Å²) in [6.07, 6.45) is 3.08. The van der Waals surface area contributed by atoms with Crippen molar-refractivity contribution in [2.24, 2.45) is 4.99 Å². The van der Waals surface area contributed by atoms with Crippen molar-refractivity contribution in [1.29, 1.82) is 0 Å². The minimum Gasteiger partial charge on any atom is -0.375 e. The third-order valence-corrected chi connectivity index (χ3v) is 4.71. The molecule has 0 saturated carbocycles. The monoisotopic (exact) mass is 349 g/mol. The van der Waals surface area contributed by atoms with E-state index in [4.69, 9.17) is 14.5 Å². The van der Waals surface area contributed by atoms with Gasteiger partial charge in [0.1, 0.15) is 11.9 Å². The van der Waals surface area contributed by atoms with Crippen LogP contribution in [0.2, 0.25) is 0 Å². The van der Waals surface area contributed by atoms with E-state index in [2.05, 4.69) is 17.1 Å². The smallest absolute Gasteiger partial charge is 0.194 e. The van der Waals surface area contributed by atoms with E-state index in [1.165, 1.54) is 6.07 Å². The van der Waals surface area contributed by atoms with Crippen molar-refractivity contribution in [2.45, 2.75) is 38.4 Å². The van der Waals surface area contributed by atoms with Crippen LogP contribution in [0.1, 0.15) is 25.3 Å². The number of hydrogen-bond acceptors (Lipinski definition) is 3. The van der Waals surface area contributed by atoms with Crippen LogP contribution in [-0.4, -0.2) is 62.5 Å². The second-order valence-corrected chi connectivity index (χ2v) is 6.48. The lowest BCUT2D eigenvalue weighted by atomic mass is 10.1. The Hall–Kier alpha value is -1.66. The minimum absolute atomic E-state index is 0.103. The van der Waals surface area contributed by atoms with Gasteiger partial charge >= 0.3 is 0 Å². The molecule has 0 spiro atoms. The summed E-state index contributed by atoms with van der Waals surface area (Å²) in [5.74, 6) is 0.720. The van der Waals surface area contributed by atoms with E-state index < -0.39 is 0 Å². The fourth-order valence-corrected chi connectivity index (χ4v) is 3.40. The third kappa shape index (κ3) is 4.92. The van der Waals surface area contributed by atoms with E-state index in [0.717, 1.165) is 45.0 Å². The van der Waals surface area contributed by atoms with Crippen molar-refractivity contribution in [2.75, 3.05) is 39.4 Å². The van der Waals surface area contributed by atoms with Gasteiger partial charge in [0.2, 0.25) is 0 Å². The molecule has 2 saturated heterocycles. The van der Waals surface area contributed by atoms with E-state index in [1.807, 2.05) is 12.1 Å². The molecule has 2 aliphatic heterocycles. The number of benzene rings is 1. The summed E-state index contributed by atoms with van der Waals surface area (Å²) in [6.45, 7) is 6.55. The molecule has 2 atom stereocenters. The van der Waals surface area contributed by atoms with E-state index >= 15 is 0 Å². The highest BCUT2D eigenvalue weighted by atomic mass is 19.1. The molecule has 2 heterocycles. The highest BCUT2D eigenvalue weighted by molar-refractivity contribution is 5.80. The van der Waals surface area contributed by atoms with E-state index in [-0.39, 0.29) is 18.0 Å². The number of morpholine rings is 1. The van der Waals surface area contributed by atoms with Crippen molar-refractivity contribution < 1.29 is 13.9 Å². The molecule has 0 aliphatic carbocycles. The third-order valence-electron chi connectivity index (χ3n) is 4.71. The summed E-state index contributed by atoms with van der Waals surface area (Å²) in [5.41, 5.74) is 0.710. The Kier molecular flexibility index (Phi) is 6.64. The zero-order chi connectivity index (χ0) is 17.5. The van der Waals surface area contributed by atoms with Crippen LogP contribution >= 0.6 is 0 Å². The molecule has 2 unspecified atom stereocenters. The van der Waals surface area contributed by atoms with Crippen molar-refractivity contribution in [3.63, 3.8) is 0 Å². The summed E-state index contributed by atoms with van der Waals surface area (Å²) in [6, 6.07) is 6.89. The molecule has 1 aromatic carbocycles. The lowest BCUT2D eigenvalue weighted by molar-refractivity contribution is -0.0817. The number of hydrogen-bond donors (Lipinski definition) is 1. The molecule has 0 aromatic heterocycles. The summed E-state index contributed by atoms with van der Waals surface area (Å²) in [5, 5.41) is 3.35. The number of guanidine groups is 1. The maximum absolute atomic E-state index is 13.7. The maximum atomic E-state index is 13.7. The van der Waals surface area contributed by atoms with Crippen LogP contribution in [0.5, 0.6) is 0 Å². The second kappa shape index (κ2) is 9.15. The van der Waals surface area contributed by atoms with Gasteiger partial charge in [0.05, 0.1) is 12.7 Å². The van der Waals surface area contributed by atoms with Crippen LogP contribution in [0.3, 0.4) is 0 Å². The molecule has 3 rings (SSSR count). The first-order valence-corrected chi connectivity index (χ1v) is 9.28. The molecule has 2 fully saturated rings. The first kappa shape index (κ1) is 18.1. The SMILES string of the molecule is CCNC(=NCCc1ccccc1F)N1CCOC(C2CCCO2)C1. The van der Waals surface area contributed by atoms with Crippen LogP contribution in [0, 0.1) is 5.82 Å². The lowest BCUT2D eigenvalue weighted by Gasteiger charge is -2.37. The minimum atomic E-state index is -0.160. The number of halogens is 1. The first-order valence-electron chi connectivity index (χ1n) is 9.28. The van der Waals surface area contributed by atoms with Crippen molar-refractivity contribution in [3.05, 3.63) is 35.6 Å². The number of aliphatic imine (C=N–C) groups is 1. The van der Waals surface area contributed by atoms with E-state index in [1.54, 1.807) is 6.07 Å². The topological polar surface area (TPSA) is 46.1 Å². The van der Waals surface area contributed by atoms with Crippen LogP contribution < -0.4 is 5.32 Å². The molecule has 1 aromatic rings. The zero-order valence-corrected chi connectivity index (χ0v) is 14.9. The number of ether oxygens (including phenoxy) is 2. The number of rotatable bonds is 5. The van der Waals surface area contributed by atoms with E-state index in [0.29, 0.717) is 25.1 Å². The number of nitrogens with one attached hydrogen (secondary N) is 1. The average Bonchev–Trinajstić information content (AvgIpc) is 3.17. The van der Waals surface area contributed by atoms with Gasteiger partial charge in [-0.2, -0.15) is 0 Å². The van der Waals surface area contributed by atoms with Gasteiger partial charge in [-0.25, -0.2) is 4.39 Å². The highest BCUT2D eigenvalue weighted by Crippen LogP contribution is 2.21. The molecule has 1 N–H and O–H groups in total. The molecule has 0 amide bonds. The molecule has 25 heavy (non-hydrogen) atoms. The van der Waals surface area contributed by atoms with Gasteiger partial charge in [0.15, 0.2) is 5.96 Å². The molecule has 5 nitrogen and oxygen atoms in total. The Morgan fingerprint density at radius 1 is 1.28 bits per heavy atom. The van der Waals surface area contributed by atoms with Gasteiger partial charge in [-0.3, -0.25) is 4.99 Å². The van der Waals surface area contributed by atoms with Crippen LogP contribution in [0.4, 0.5) is 4.39 Å². The van der Waals surface area contributed by atoms with Gasteiger partial charge in [-0.1, -0.05) is 18.2 Å². The Balaban J connectivity index is 1.60. The fraction of sp³-hybridized carbons (Fsp3) is 0.632. The maximum Gasteiger partial charge on any atom is 0.194 e. The summed E-state index contributed by atoms with van der Waals surface area (Å²) in [4.78, 5) is 6.94. The predicted molar refractivity (Wildman–Crippen MR) is 96.4 cm³/mol. The quantitative estimate of drug-likeness (QED) is 0.654. The summed E-state index contributed by atoms with van der Waals surface area (Å²) in [7, 11) is 0. The Morgan fingerprint density at radius 3 is 2.88 bits per heavy atom. The van der Waals surface area contributed by atoms with Crippen LogP contribution in [0.25, 0.3) is 0 Å². The standard InChI is InChI=1S/C19H28FN3O2/c1-2-21-19(22-10-9-15-6-3-4-7-16(15)20)23-11-13-25-18(14-23)17-8-5-12-24-17/h3-4,6-7,17-18H,2,5,8-14H2,1H3,(H,21,22). The van der Waals surface area contributed by atoms with Gasteiger partial charge in [-0.15, -0.1) is 0 Å². The van der Waals surface area contributed by atoms with E-state index in [9.17, 15) is 4.39 Å². The summed E-state index contributed by atoms with van der Waals surface area (Å²) >= 11 is 0. The molecule has 0 bridgehead atoms. The molecule has 138 valence electrons. The number of nitrogens with zero attached hydrogens (tertiary/aromatic N) is 2. The Morgan fingerprint density at radius 2 is 2.12 bits per heavy atom. The van der Waals surface area contributed by atoms with Gasteiger partial charge < -0.3 is 19.7 Å². The average molecular weight is 349 g/mol. The van der Waals surface area contributed by atoms with Crippen molar-refractivity contribution >= 4 is 5.96 Å². The summed E-state index contributed by atoms with van der Waals surface area (Å²) < 4.78 is 25.4. The molecule has 6 heteroatoms. The van der Waals surface area contributed by atoms with Crippen LogP contribution in [-0.2, 0) is 15.9 Å². The molecular formula is C19H28FN3O2. The highest BCUT2D eigenvalue weighted by Gasteiger charge is 2.32. The molecular weight excluding hydrogens is 321 g/mol. The zero-order valence-electron chi connectivity index (χ0n) is 14.9. The lowest BCUT2D eigenvalue weighted by Crippen LogP contribution is -2.53. The molecule has 2 aliphatic rings. The molecule has 0 radical (unpaired) electrons. The fourth-order valence-electron chi connectivity index (χ4n) is 3.40. The van der Waals surface area contributed by atoms with Crippen molar-refractivity contribution in [1.82, 2.24) is 10.2 Å².